The lowest BCUT2D eigenvalue weighted by Crippen LogP contribution is -2.41. The molecule has 0 amide bonds. The average Bonchev–Trinajstić information content (AvgIpc) is 3.43. The lowest BCUT2D eigenvalue weighted by atomic mass is 9.78. The maximum atomic E-state index is 5.88. The molecule has 0 saturated carbocycles. The van der Waals surface area contributed by atoms with Gasteiger partial charge < -0.3 is 9.64 Å². The van der Waals surface area contributed by atoms with Crippen LogP contribution >= 0.6 is 34.4 Å². The number of alkyl halides is 1. The van der Waals surface area contributed by atoms with E-state index in [1.807, 2.05) is 36.9 Å². The normalized spacial score (nSPS) is 20.8. The summed E-state index contributed by atoms with van der Waals surface area (Å²) in [5.74, 6) is 0.983. The first kappa shape index (κ1) is 19.8. The number of hydrogen-bond donors (Lipinski definition) is 0. The lowest BCUT2D eigenvalue weighted by molar-refractivity contribution is 0.128. The number of imidazole rings is 1. The molecule has 31 heavy (non-hydrogen) atoms. The highest BCUT2D eigenvalue weighted by Crippen LogP contribution is 2.44. The van der Waals surface area contributed by atoms with Crippen LogP contribution in [-0.4, -0.2) is 43.2 Å². The van der Waals surface area contributed by atoms with Crippen LogP contribution in [0.5, 0.6) is 0 Å². The molecule has 1 atom stereocenters. The van der Waals surface area contributed by atoms with Gasteiger partial charge >= 0.3 is 0 Å². The minimum atomic E-state index is 0.356. The minimum absolute atomic E-state index is 0.356. The van der Waals surface area contributed by atoms with Crippen molar-refractivity contribution in [3.05, 3.63) is 55.1 Å². The van der Waals surface area contributed by atoms with Gasteiger partial charge in [0.25, 0.3) is 0 Å². The molecule has 1 aromatic carbocycles. The van der Waals surface area contributed by atoms with E-state index in [0.717, 1.165) is 59.9 Å². The summed E-state index contributed by atoms with van der Waals surface area (Å²) in [6, 6.07) is 10.3. The Bertz CT molecular complexity index is 1250. The molecule has 4 aromatic rings. The van der Waals surface area contributed by atoms with Gasteiger partial charge in [0.15, 0.2) is 5.65 Å². The van der Waals surface area contributed by atoms with Gasteiger partial charge in [-0.15, -0.1) is 0 Å². The topological polar surface area (TPSA) is 55.6 Å². The number of benzene rings is 1. The van der Waals surface area contributed by atoms with E-state index < -0.39 is 0 Å². The van der Waals surface area contributed by atoms with E-state index in [4.69, 9.17) is 9.72 Å². The van der Waals surface area contributed by atoms with Gasteiger partial charge in [0.05, 0.1) is 17.0 Å². The predicted octanol–water partition coefficient (Wildman–Crippen LogP) is 5.20. The molecule has 158 valence electrons. The van der Waals surface area contributed by atoms with Crippen molar-refractivity contribution in [1.29, 1.82) is 0 Å². The van der Waals surface area contributed by atoms with Crippen molar-refractivity contribution in [1.82, 2.24) is 19.4 Å². The van der Waals surface area contributed by atoms with Gasteiger partial charge in [0.2, 0.25) is 5.95 Å². The van der Waals surface area contributed by atoms with Crippen LogP contribution in [0.2, 0.25) is 0 Å². The lowest BCUT2D eigenvalue weighted by Gasteiger charge is -2.38. The van der Waals surface area contributed by atoms with Crippen molar-refractivity contribution in [2.75, 3.05) is 24.6 Å². The fourth-order valence-corrected chi connectivity index (χ4v) is 6.85. The number of fused-ring (bicyclic) bond motifs is 2. The van der Waals surface area contributed by atoms with Crippen molar-refractivity contribution in [3.8, 4) is 0 Å². The van der Waals surface area contributed by atoms with Crippen LogP contribution in [0.25, 0.3) is 16.6 Å². The molecule has 2 aliphatic rings. The Kier molecular flexibility index (Phi) is 5.03. The largest absolute Gasteiger partial charge is 0.367 e. The molecule has 0 radical (unpaired) electrons. The maximum Gasteiger partial charge on any atom is 0.211 e. The Morgan fingerprint density at radius 1 is 1.03 bits per heavy atom. The van der Waals surface area contributed by atoms with Crippen molar-refractivity contribution < 1.29 is 4.74 Å². The van der Waals surface area contributed by atoms with Crippen LogP contribution in [0.3, 0.4) is 0 Å². The molecule has 0 bridgehead atoms. The van der Waals surface area contributed by atoms with Gasteiger partial charge in [-0.05, 0) is 37.5 Å². The molecule has 0 N–H and O–H groups in total. The van der Waals surface area contributed by atoms with E-state index in [1.54, 1.807) is 11.8 Å². The van der Waals surface area contributed by atoms with Gasteiger partial charge in [0.1, 0.15) is 4.11 Å². The summed E-state index contributed by atoms with van der Waals surface area (Å²) in [5, 5.41) is 1.15. The van der Waals surface area contributed by atoms with Crippen LogP contribution in [0.15, 0.2) is 64.9 Å². The zero-order chi connectivity index (χ0) is 20.8. The number of pyridine rings is 1. The van der Waals surface area contributed by atoms with E-state index in [-0.39, 0.29) is 0 Å². The fourth-order valence-electron chi connectivity index (χ4n) is 4.73. The van der Waals surface area contributed by atoms with E-state index >= 15 is 0 Å². The second-order valence-electron chi connectivity index (χ2n) is 8.38. The van der Waals surface area contributed by atoms with Crippen LogP contribution in [-0.2, 0) is 4.74 Å². The summed E-state index contributed by atoms with van der Waals surface area (Å²) in [5.41, 5.74) is 2.31. The Morgan fingerprint density at radius 3 is 2.77 bits per heavy atom. The zero-order valence-electron chi connectivity index (χ0n) is 16.9. The van der Waals surface area contributed by atoms with Gasteiger partial charge in [-0.25, -0.2) is 9.97 Å². The summed E-state index contributed by atoms with van der Waals surface area (Å²) in [7, 11) is 0. The first-order valence-corrected chi connectivity index (χ1v) is 12.6. The van der Waals surface area contributed by atoms with Gasteiger partial charge in [0, 0.05) is 53.6 Å². The smallest absolute Gasteiger partial charge is 0.211 e. The molecular formula is C23H22IN5OS. The second-order valence-corrected chi connectivity index (χ2v) is 10.9. The first-order chi connectivity index (χ1) is 15.2. The van der Waals surface area contributed by atoms with Crippen LogP contribution < -0.4 is 4.90 Å². The average molecular weight is 543 g/mol. The second kappa shape index (κ2) is 7.90. The van der Waals surface area contributed by atoms with Crippen molar-refractivity contribution in [2.24, 2.45) is 5.41 Å². The highest BCUT2D eigenvalue weighted by molar-refractivity contribution is 14.1. The quantitative estimate of drug-likeness (QED) is 0.262. The summed E-state index contributed by atoms with van der Waals surface area (Å²) < 4.78 is 8.38. The summed E-state index contributed by atoms with van der Waals surface area (Å²) in [4.78, 5) is 18.7. The maximum absolute atomic E-state index is 5.88. The van der Waals surface area contributed by atoms with E-state index in [0.29, 0.717) is 9.53 Å². The Hall–Kier alpha value is -1.91. The Labute approximate surface area is 198 Å². The third-order valence-corrected chi connectivity index (χ3v) is 8.35. The summed E-state index contributed by atoms with van der Waals surface area (Å²) in [6.45, 7) is 2.92. The number of rotatable bonds is 3. The predicted molar refractivity (Wildman–Crippen MR) is 131 cm³/mol. The summed E-state index contributed by atoms with van der Waals surface area (Å²) >= 11 is 4.12. The van der Waals surface area contributed by atoms with E-state index in [9.17, 15) is 0 Å². The molecule has 2 saturated heterocycles. The number of aromatic nitrogens is 4. The molecule has 8 heteroatoms. The van der Waals surface area contributed by atoms with Crippen molar-refractivity contribution >= 4 is 56.9 Å². The fraction of sp³-hybridized carbons (Fsp3) is 0.348. The van der Waals surface area contributed by atoms with Crippen LogP contribution in [0, 0.1) is 5.41 Å². The molecule has 6 rings (SSSR count). The molecule has 1 spiro atoms. The molecule has 5 heterocycles. The standard InChI is InChI=1S/C23H22IN5OS/c24-20-13-23(15-30-20)6-10-28(11-7-23)22-27-14-19(21-26-9-12-29(21)22)31-18-5-1-4-17-16(18)3-2-8-25-17/h1-5,8-9,12,14,20H,6-7,10-11,13,15H2/t20-/m1/s1. The Balaban J connectivity index is 1.29. The highest BCUT2D eigenvalue weighted by Gasteiger charge is 2.42. The number of anilines is 1. The number of halogens is 1. The number of hydrogen-bond acceptors (Lipinski definition) is 6. The van der Waals surface area contributed by atoms with Crippen LogP contribution in [0.4, 0.5) is 5.95 Å². The van der Waals surface area contributed by atoms with Gasteiger partial charge in [-0.1, -0.05) is 46.5 Å². The third kappa shape index (κ3) is 3.58. The molecule has 6 nitrogen and oxygen atoms in total. The zero-order valence-corrected chi connectivity index (χ0v) is 19.9. The molecule has 2 fully saturated rings. The molecular weight excluding hydrogens is 521 g/mol. The molecule has 0 unspecified atom stereocenters. The van der Waals surface area contributed by atoms with Crippen molar-refractivity contribution in [2.45, 2.75) is 33.2 Å². The van der Waals surface area contributed by atoms with E-state index in [1.165, 1.54) is 11.3 Å². The first-order valence-electron chi connectivity index (χ1n) is 10.6. The molecule has 0 aliphatic carbocycles. The number of piperidine rings is 1. The number of nitrogens with zero attached hydrogens (tertiary/aromatic N) is 5. The van der Waals surface area contributed by atoms with Gasteiger partial charge in [-0.3, -0.25) is 9.38 Å². The van der Waals surface area contributed by atoms with E-state index in [2.05, 4.69) is 60.1 Å². The molecule has 2 aliphatic heterocycles. The number of ether oxygens (including phenoxy) is 1. The summed E-state index contributed by atoms with van der Waals surface area (Å²) in [6.07, 6.45) is 11.2. The van der Waals surface area contributed by atoms with Gasteiger partial charge in [-0.2, -0.15) is 0 Å². The highest BCUT2D eigenvalue weighted by atomic mass is 127. The third-order valence-electron chi connectivity index (χ3n) is 6.47. The van der Waals surface area contributed by atoms with Crippen LogP contribution in [0.1, 0.15) is 19.3 Å². The van der Waals surface area contributed by atoms with Crippen molar-refractivity contribution in [3.63, 3.8) is 0 Å². The minimum Gasteiger partial charge on any atom is -0.367 e. The molecule has 3 aromatic heterocycles. The monoisotopic (exact) mass is 543 g/mol. The Morgan fingerprint density at radius 2 is 1.94 bits per heavy atom. The SMILES string of the molecule is I[C@H]1CC2(CCN(c3ncc(Sc4cccc5ncccc45)c4nccn34)CC2)CO1.